The molecule has 4 heterocycles. The molecule has 3 fully saturated rings. The first-order valence-electron chi connectivity index (χ1n) is 19.4. The summed E-state index contributed by atoms with van der Waals surface area (Å²) in [6.45, 7) is 12.1. The van der Waals surface area contributed by atoms with Gasteiger partial charge in [-0.05, 0) is 80.7 Å². The number of piperazine rings is 1. The molecule has 13 heteroatoms. The predicted molar refractivity (Wildman–Crippen MR) is 208 cm³/mol. The first-order valence-corrected chi connectivity index (χ1v) is 19.4. The summed E-state index contributed by atoms with van der Waals surface area (Å²) >= 11 is 0. The highest BCUT2D eigenvalue weighted by Gasteiger charge is 2.36. The van der Waals surface area contributed by atoms with Crippen LogP contribution in [0, 0.1) is 13.8 Å². The first kappa shape index (κ1) is 40.8. The van der Waals surface area contributed by atoms with Gasteiger partial charge in [-0.1, -0.05) is 44.7 Å². The number of fused-ring (bicyclic) bond motifs is 1. The van der Waals surface area contributed by atoms with Crippen molar-refractivity contribution in [2.24, 2.45) is 0 Å². The molecule has 0 unspecified atom stereocenters. The molecule has 4 aliphatic heterocycles. The van der Waals surface area contributed by atoms with Gasteiger partial charge in [-0.2, -0.15) is 0 Å². The highest BCUT2D eigenvalue weighted by molar-refractivity contribution is 5.91. The van der Waals surface area contributed by atoms with Crippen molar-refractivity contribution in [2.75, 3.05) is 77.4 Å². The Morgan fingerprint density at radius 2 is 1.52 bits per heavy atom. The zero-order valence-electron chi connectivity index (χ0n) is 31.6. The van der Waals surface area contributed by atoms with Gasteiger partial charge in [-0.15, -0.1) is 0 Å². The molecule has 0 spiro atoms. The third-order valence-corrected chi connectivity index (χ3v) is 11.3. The van der Waals surface area contributed by atoms with E-state index in [1.165, 1.54) is 0 Å². The Kier molecular flexibility index (Phi) is 14.2. The van der Waals surface area contributed by atoms with E-state index in [1.54, 1.807) is 4.90 Å². The molecule has 4 aliphatic rings. The molecule has 0 saturated carbocycles. The summed E-state index contributed by atoms with van der Waals surface area (Å²) in [7, 11) is 0. The number of para-hydroxylation sites is 1. The maximum atomic E-state index is 14.1. The van der Waals surface area contributed by atoms with Crippen LogP contribution in [-0.4, -0.2) is 144 Å². The van der Waals surface area contributed by atoms with Crippen LogP contribution >= 0.6 is 0 Å². The fraction of sp³-hybridized carbons (Fsp3) is 0.610. The zero-order valence-corrected chi connectivity index (χ0v) is 31.6. The van der Waals surface area contributed by atoms with Crippen LogP contribution in [0.5, 0.6) is 5.75 Å². The average Bonchev–Trinajstić information content (AvgIpc) is 3.34. The van der Waals surface area contributed by atoms with Crippen LogP contribution in [0.1, 0.15) is 68.7 Å². The first-order chi connectivity index (χ1) is 25.6. The van der Waals surface area contributed by atoms with Crippen LogP contribution in [0.15, 0.2) is 36.4 Å². The fourth-order valence-electron chi connectivity index (χ4n) is 8.25. The normalized spacial score (nSPS) is 19.6. The summed E-state index contributed by atoms with van der Waals surface area (Å²) in [6.07, 6.45) is 3.42. The molecule has 0 aliphatic carbocycles. The molecule has 2 N–H and O–H groups in total. The maximum absolute atomic E-state index is 14.1. The van der Waals surface area contributed by atoms with Gasteiger partial charge in [0.25, 0.3) is 5.91 Å². The van der Waals surface area contributed by atoms with Crippen molar-refractivity contribution in [1.29, 1.82) is 0 Å². The topological polar surface area (TPSA) is 135 Å². The number of rotatable bonds is 10. The number of nitrogens with one attached hydrogen (secondary N) is 1. The van der Waals surface area contributed by atoms with Gasteiger partial charge in [0.15, 0.2) is 6.10 Å². The van der Waals surface area contributed by atoms with Crippen molar-refractivity contribution in [2.45, 2.75) is 91.3 Å². The van der Waals surface area contributed by atoms with E-state index in [0.717, 1.165) is 68.7 Å². The number of ether oxygens (including phenoxy) is 2. The molecule has 4 amide bonds. The van der Waals surface area contributed by atoms with Gasteiger partial charge in [-0.25, -0.2) is 9.59 Å². The van der Waals surface area contributed by atoms with Crippen molar-refractivity contribution >= 4 is 29.7 Å². The number of carbonyl (C=O) groups is 4. The molecule has 2 aromatic carbocycles. The number of hydrogen-bond donors (Lipinski definition) is 2. The molecule has 1 atom stereocenters. The molecule has 0 radical (unpaired) electrons. The Morgan fingerprint density at radius 1 is 0.870 bits per heavy atom. The quantitative estimate of drug-likeness (QED) is 0.329. The number of aromatic hydroxyl groups is 1. The number of amides is 4. The van der Waals surface area contributed by atoms with Crippen LogP contribution in [-0.2, 0) is 31.9 Å². The summed E-state index contributed by atoms with van der Waals surface area (Å²) in [5.41, 5.74) is 4.19. The minimum atomic E-state index is -1.01. The SMILES string of the molecule is C.CCCOC(=O)CN1CCC(N2CCN(C(=O)[C@@H](Cc3cc(C)c(O)c(C)c3)OC(=O)N3CCC(N4CCc5ccccc5NC4=O)CC3)CC2)CC1. The molecule has 6 rings (SSSR count). The van der Waals surface area contributed by atoms with Crippen molar-refractivity contribution in [3.05, 3.63) is 58.7 Å². The maximum Gasteiger partial charge on any atom is 0.410 e. The number of phenolic OH excluding ortho intramolecular Hbond substituents is 1. The number of likely N-dealkylation sites (tertiary alicyclic amines) is 2. The van der Waals surface area contributed by atoms with Crippen LogP contribution in [0.4, 0.5) is 15.3 Å². The summed E-state index contributed by atoms with van der Waals surface area (Å²) in [4.78, 5) is 63.0. The van der Waals surface area contributed by atoms with Gasteiger partial charge in [0, 0.05) is 83.1 Å². The number of anilines is 1. The van der Waals surface area contributed by atoms with E-state index in [2.05, 4.69) is 15.1 Å². The van der Waals surface area contributed by atoms with Crippen LogP contribution in [0.2, 0.25) is 0 Å². The van der Waals surface area contributed by atoms with E-state index >= 15 is 0 Å². The van der Waals surface area contributed by atoms with E-state index in [-0.39, 0.29) is 43.5 Å². The Balaban J connectivity index is 0.00000561. The monoisotopic (exact) mass is 748 g/mol. The number of hydrogen-bond acceptors (Lipinski definition) is 9. The number of urea groups is 1. The lowest BCUT2D eigenvalue weighted by Crippen LogP contribution is -2.57. The summed E-state index contributed by atoms with van der Waals surface area (Å²) in [5.74, 6) is -0.155. The second-order valence-corrected chi connectivity index (χ2v) is 15.0. The van der Waals surface area contributed by atoms with E-state index in [0.29, 0.717) is 75.9 Å². The Bertz CT molecular complexity index is 1590. The van der Waals surface area contributed by atoms with E-state index in [1.807, 2.05) is 67.0 Å². The zero-order chi connectivity index (χ0) is 37.5. The number of esters is 1. The third-order valence-electron chi connectivity index (χ3n) is 11.3. The standard InChI is InChI=1S/C40H56N6O7.CH4/c1-4-23-52-36(47)27-42-14-10-32(11-15-42)43-19-21-44(22-20-43)38(49)35(26-30-24-28(2)37(48)29(3)25-30)53-40(51)45-16-12-33(13-17-45)46-18-9-31-7-5-6-8-34(31)41-39(46)50;/h5-8,24-25,32-33,35,48H,4,9-23,26-27H2,1-3H3,(H,41,50);1H4/t35-;/m1./s1. The van der Waals surface area contributed by atoms with E-state index < -0.39 is 12.2 Å². The molecule has 0 aromatic heterocycles. The molecule has 2 aromatic rings. The summed E-state index contributed by atoms with van der Waals surface area (Å²) < 4.78 is 11.3. The van der Waals surface area contributed by atoms with Gasteiger partial charge in [0.2, 0.25) is 0 Å². The molecular formula is C41H60N6O7. The van der Waals surface area contributed by atoms with Crippen LogP contribution in [0.25, 0.3) is 0 Å². The fourth-order valence-corrected chi connectivity index (χ4v) is 8.25. The second-order valence-electron chi connectivity index (χ2n) is 15.0. The van der Waals surface area contributed by atoms with Crippen molar-refractivity contribution in [3.8, 4) is 5.75 Å². The molecule has 13 nitrogen and oxygen atoms in total. The number of aryl methyl sites for hydroxylation is 2. The molecule has 296 valence electrons. The molecule has 0 bridgehead atoms. The van der Waals surface area contributed by atoms with Gasteiger partial charge < -0.3 is 34.6 Å². The molecular weight excluding hydrogens is 688 g/mol. The second kappa shape index (κ2) is 18.8. The third kappa shape index (κ3) is 10.0. The number of phenols is 1. The van der Waals surface area contributed by atoms with Crippen molar-refractivity contribution in [3.63, 3.8) is 0 Å². The Morgan fingerprint density at radius 3 is 2.19 bits per heavy atom. The van der Waals surface area contributed by atoms with Gasteiger partial charge in [0.05, 0.1) is 13.2 Å². The minimum absolute atomic E-state index is 0. The highest BCUT2D eigenvalue weighted by atomic mass is 16.6. The Labute approximate surface area is 320 Å². The number of piperidine rings is 2. The van der Waals surface area contributed by atoms with Gasteiger partial charge in [0.1, 0.15) is 5.75 Å². The smallest absolute Gasteiger partial charge is 0.410 e. The average molecular weight is 749 g/mol. The van der Waals surface area contributed by atoms with Crippen molar-refractivity contribution in [1.82, 2.24) is 24.5 Å². The molecule has 54 heavy (non-hydrogen) atoms. The Hall–Kier alpha value is -4.36. The van der Waals surface area contributed by atoms with Gasteiger partial charge >= 0.3 is 18.1 Å². The summed E-state index contributed by atoms with van der Waals surface area (Å²) in [6, 6.07) is 11.8. The van der Waals surface area contributed by atoms with Crippen molar-refractivity contribution < 1.29 is 33.8 Å². The van der Waals surface area contributed by atoms with E-state index in [4.69, 9.17) is 9.47 Å². The van der Waals surface area contributed by atoms with Gasteiger partial charge in [-0.3, -0.25) is 19.4 Å². The highest BCUT2D eigenvalue weighted by Crippen LogP contribution is 2.27. The number of benzene rings is 2. The number of nitrogens with zero attached hydrogens (tertiary/aromatic N) is 5. The largest absolute Gasteiger partial charge is 0.507 e. The lowest BCUT2D eigenvalue weighted by atomic mass is 10.00. The number of carbonyl (C=O) groups excluding carboxylic acids is 4. The minimum Gasteiger partial charge on any atom is -0.507 e. The van der Waals surface area contributed by atoms with E-state index in [9.17, 15) is 24.3 Å². The van der Waals surface area contributed by atoms with Crippen LogP contribution < -0.4 is 5.32 Å². The lowest BCUT2D eigenvalue weighted by molar-refractivity contribution is -0.145. The molecule has 3 saturated heterocycles. The van der Waals surface area contributed by atoms with Crippen LogP contribution in [0.3, 0.4) is 0 Å². The lowest BCUT2D eigenvalue weighted by Gasteiger charge is -2.43. The summed E-state index contributed by atoms with van der Waals surface area (Å²) in [5, 5.41) is 13.4. The predicted octanol–water partition coefficient (Wildman–Crippen LogP) is 4.81.